The minimum atomic E-state index is -0.444. The van der Waals surface area contributed by atoms with Gasteiger partial charge in [0.05, 0.1) is 18.4 Å². The van der Waals surface area contributed by atoms with Crippen LogP contribution in [-0.4, -0.2) is 46.4 Å². The summed E-state index contributed by atoms with van der Waals surface area (Å²) in [6, 6.07) is 2.65. The standard InChI is InChI=1S/C12H14BrFN2O2/c1-8-6-16(7-10(4-13)18-8)12(17)11-3-2-9(14)5-15-11/h2-3,5,8,10H,4,6-7H2,1H3. The van der Waals surface area contributed by atoms with Crippen molar-refractivity contribution < 1.29 is 13.9 Å². The maximum absolute atomic E-state index is 12.8. The Labute approximate surface area is 113 Å². The van der Waals surface area contributed by atoms with Crippen LogP contribution in [0.2, 0.25) is 0 Å². The van der Waals surface area contributed by atoms with Gasteiger partial charge in [0.1, 0.15) is 11.5 Å². The molecule has 0 aromatic carbocycles. The summed E-state index contributed by atoms with van der Waals surface area (Å²) in [5.74, 6) is -0.628. The third-order valence-corrected chi connectivity index (χ3v) is 3.45. The molecule has 1 aliphatic rings. The number of carbonyl (C=O) groups excluding carboxylic acids is 1. The largest absolute Gasteiger partial charge is 0.371 e. The highest BCUT2D eigenvalue weighted by molar-refractivity contribution is 9.09. The van der Waals surface area contributed by atoms with E-state index < -0.39 is 5.82 Å². The average Bonchev–Trinajstić information content (AvgIpc) is 2.38. The van der Waals surface area contributed by atoms with Crippen molar-refractivity contribution in [1.29, 1.82) is 0 Å². The molecule has 2 rings (SSSR count). The summed E-state index contributed by atoms with van der Waals surface area (Å²) in [4.78, 5) is 17.7. The molecule has 6 heteroatoms. The summed E-state index contributed by atoms with van der Waals surface area (Å²) in [7, 11) is 0. The summed E-state index contributed by atoms with van der Waals surface area (Å²) in [6.07, 6.45) is 1.03. The van der Waals surface area contributed by atoms with Crippen molar-refractivity contribution in [3.8, 4) is 0 Å². The Balaban J connectivity index is 2.10. The zero-order valence-corrected chi connectivity index (χ0v) is 11.6. The number of carbonyl (C=O) groups is 1. The lowest BCUT2D eigenvalue weighted by Gasteiger charge is -2.35. The first-order chi connectivity index (χ1) is 8.60. The highest BCUT2D eigenvalue weighted by atomic mass is 79.9. The number of aromatic nitrogens is 1. The van der Waals surface area contributed by atoms with Gasteiger partial charge in [-0.25, -0.2) is 9.37 Å². The van der Waals surface area contributed by atoms with Gasteiger partial charge >= 0.3 is 0 Å². The topological polar surface area (TPSA) is 42.4 Å². The lowest BCUT2D eigenvalue weighted by atomic mass is 10.2. The molecule has 4 nitrogen and oxygen atoms in total. The first-order valence-electron chi connectivity index (χ1n) is 5.72. The summed E-state index contributed by atoms with van der Waals surface area (Å²) in [6.45, 7) is 2.97. The fraction of sp³-hybridized carbons (Fsp3) is 0.500. The summed E-state index contributed by atoms with van der Waals surface area (Å²) < 4.78 is 18.4. The third kappa shape index (κ3) is 3.05. The van der Waals surface area contributed by atoms with Crippen LogP contribution in [0.25, 0.3) is 0 Å². The van der Waals surface area contributed by atoms with Gasteiger partial charge in [0.2, 0.25) is 0 Å². The molecule has 2 unspecified atom stereocenters. The number of rotatable bonds is 2. The molecule has 0 N–H and O–H groups in total. The molecule has 98 valence electrons. The Morgan fingerprint density at radius 3 is 3.00 bits per heavy atom. The second-order valence-electron chi connectivity index (χ2n) is 4.29. The molecule has 0 saturated carbocycles. The van der Waals surface area contributed by atoms with E-state index in [1.54, 1.807) is 4.90 Å². The molecular weight excluding hydrogens is 303 g/mol. The highest BCUT2D eigenvalue weighted by Crippen LogP contribution is 2.15. The SMILES string of the molecule is CC1CN(C(=O)c2ccc(F)cn2)CC(CBr)O1. The zero-order valence-electron chi connectivity index (χ0n) is 9.97. The number of nitrogens with zero attached hydrogens (tertiary/aromatic N) is 2. The maximum atomic E-state index is 12.8. The van der Waals surface area contributed by atoms with Crippen molar-refractivity contribution in [2.75, 3.05) is 18.4 Å². The quantitative estimate of drug-likeness (QED) is 0.782. The average molecular weight is 317 g/mol. The van der Waals surface area contributed by atoms with Crippen LogP contribution >= 0.6 is 15.9 Å². The molecule has 0 aliphatic carbocycles. The monoisotopic (exact) mass is 316 g/mol. The molecule has 2 atom stereocenters. The number of pyridine rings is 1. The van der Waals surface area contributed by atoms with Gasteiger partial charge in [-0.05, 0) is 19.1 Å². The van der Waals surface area contributed by atoms with E-state index in [-0.39, 0.29) is 23.8 Å². The van der Waals surface area contributed by atoms with Crippen molar-refractivity contribution in [3.63, 3.8) is 0 Å². The number of alkyl halides is 1. The second-order valence-corrected chi connectivity index (χ2v) is 4.94. The van der Waals surface area contributed by atoms with E-state index in [2.05, 4.69) is 20.9 Å². The normalized spacial score (nSPS) is 24.1. The highest BCUT2D eigenvalue weighted by Gasteiger charge is 2.28. The first kappa shape index (κ1) is 13.4. The van der Waals surface area contributed by atoms with E-state index in [9.17, 15) is 9.18 Å². The molecule has 1 amide bonds. The Bertz CT molecular complexity index is 427. The van der Waals surface area contributed by atoms with E-state index >= 15 is 0 Å². The van der Waals surface area contributed by atoms with Gasteiger partial charge in [0.15, 0.2) is 0 Å². The van der Waals surface area contributed by atoms with Crippen LogP contribution in [0.15, 0.2) is 18.3 Å². The van der Waals surface area contributed by atoms with Gasteiger partial charge in [0.25, 0.3) is 5.91 Å². The van der Waals surface area contributed by atoms with Gasteiger partial charge in [-0.2, -0.15) is 0 Å². The van der Waals surface area contributed by atoms with Gasteiger partial charge in [-0.15, -0.1) is 0 Å². The Morgan fingerprint density at radius 2 is 2.39 bits per heavy atom. The maximum Gasteiger partial charge on any atom is 0.272 e. The van der Waals surface area contributed by atoms with Crippen molar-refractivity contribution in [2.45, 2.75) is 19.1 Å². The zero-order chi connectivity index (χ0) is 13.1. The Kier molecular flexibility index (Phi) is 4.29. The van der Waals surface area contributed by atoms with Crippen LogP contribution in [0.4, 0.5) is 4.39 Å². The van der Waals surface area contributed by atoms with Crippen molar-refractivity contribution >= 4 is 21.8 Å². The van der Waals surface area contributed by atoms with E-state index in [4.69, 9.17) is 4.74 Å². The minimum absolute atomic E-state index is 0.00861. The lowest BCUT2D eigenvalue weighted by molar-refractivity contribution is -0.0561. The summed E-state index contributed by atoms with van der Waals surface area (Å²) >= 11 is 3.35. The van der Waals surface area contributed by atoms with E-state index in [0.717, 1.165) is 6.20 Å². The van der Waals surface area contributed by atoms with E-state index in [0.29, 0.717) is 18.4 Å². The van der Waals surface area contributed by atoms with Crippen molar-refractivity contribution in [3.05, 3.63) is 29.8 Å². The Morgan fingerprint density at radius 1 is 1.61 bits per heavy atom. The van der Waals surface area contributed by atoms with Gasteiger partial charge in [0, 0.05) is 18.4 Å². The lowest BCUT2D eigenvalue weighted by Crippen LogP contribution is -2.49. The van der Waals surface area contributed by atoms with Gasteiger partial charge in [-0.3, -0.25) is 4.79 Å². The van der Waals surface area contributed by atoms with Crippen LogP contribution in [0.1, 0.15) is 17.4 Å². The molecular formula is C12H14BrFN2O2. The third-order valence-electron chi connectivity index (χ3n) is 2.73. The molecule has 0 spiro atoms. The fourth-order valence-corrected chi connectivity index (χ4v) is 2.32. The van der Waals surface area contributed by atoms with E-state index in [1.807, 2.05) is 6.92 Å². The molecule has 1 saturated heterocycles. The predicted octanol–water partition coefficient (Wildman–Crippen LogP) is 1.85. The van der Waals surface area contributed by atoms with Gasteiger partial charge in [-0.1, -0.05) is 15.9 Å². The smallest absolute Gasteiger partial charge is 0.272 e. The second kappa shape index (κ2) is 5.75. The minimum Gasteiger partial charge on any atom is -0.371 e. The summed E-state index contributed by atoms with van der Waals surface area (Å²) in [5, 5.41) is 0.679. The molecule has 1 fully saturated rings. The number of ether oxygens (including phenoxy) is 1. The van der Waals surface area contributed by atoms with E-state index in [1.165, 1.54) is 12.1 Å². The number of hydrogen-bond donors (Lipinski definition) is 0. The molecule has 1 aliphatic heterocycles. The van der Waals surface area contributed by atoms with Crippen LogP contribution < -0.4 is 0 Å². The molecule has 0 radical (unpaired) electrons. The molecule has 1 aromatic heterocycles. The van der Waals surface area contributed by atoms with Crippen LogP contribution in [0, 0.1) is 5.82 Å². The number of amides is 1. The number of hydrogen-bond acceptors (Lipinski definition) is 3. The molecule has 18 heavy (non-hydrogen) atoms. The Hall–Kier alpha value is -1.01. The fourth-order valence-electron chi connectivity index (χ4n) is 1.96. The van der Waals surface area contributed by atoms with Crippen molar-refractivity contribution in [2.24, 2.45) is 0 Å². The molecule has 1 aromatic rings. The van der Waals surface area contributed by atoms with Crippen LogP contribution in [0.3, 0.4) is 0 Å². The van der Waals surface area contributed by atoms with Crippen molar-refractivity contribution in [1.82, 2.24) is 9.88 Å². The van der Waals surface area contributed by atoms with Crippen LogP contribution in [0.5, 0.6) is 0 Å². The summed E-state index contributed by atoms with van der Waals surface area (Å²) in [5.41, 5.74) is 0.263. The first-order valence-corrected chi connectivity index (χ1v) is 6.84. The van der Waals surface area contributed by atoms with Crippen LogP contribution in [-0.2, 0) is 4.74 Å². The molecule has 0 bridgehead atoms. The number of morpholine rings is 1. The number of halogens is 2. The molecule has 2 heterocycles. The van der Waals surface area contributed by atoms with Gasteiger partial charge < -0.3 is 9.64 Å². The predicted molar refractivity (Wildman–Crippen MR) is 68.2 cm³/mol.